The summed E-state index contributed by atoms with van der Waals surface area (Å²) in [6, 6.07) is 12.4. The zero-order valence-corrected chi connectivity index (χ0v) is 19.6. The van der Waals surface area contributed by atoms with Crippen LogP contribution in [0.2, 0.25) is 0 Å². The van der Waals surface area contributed by atoms with Gasteiger partial charge in [-0.05, 0) is 55.2 Å². The summed E-state index contributed by atoms with van der Waals surface area (Å²) in [6.45, 7) is 0.561. The molecule has 0 spiro atoms. The second-order valence-electron chi connectivity index (χ2n) is 8.31. The molecular formula is C24H22F3N5O6. The Morgan fingerprint density at radius 2 is 1.89 bits per heavy atom. The molecule has 1 aliphatic heterocycles. The van der Waals surface area contributed by atoms with Crippen molar-refractivity contribution in [2.24, 2.45) is 5.73 Å². The first-order chi connectivity index (χ1) is 17.9. The second-order valence-corrected chi connectivity index (χ2v) is 8.31. The fourth-order valence-corrected chi connectivity index (χ4v) is 3.86. The van der Waals surface area contributed by atoms with E-state index in [1.165, 1.54) is 24.3 Å². The lowest BCUT2D eigenvalue weighted by atomic mass is 10.0. The number of benzene rings is 2. The summed E-state index contributed by atoms with van der Waals surface area (Å²) in [5.74, 6) is -1.93. The zero-order valence-electron chi connectivity index (χ0n) is 19.6. The molecule has 1 aliphatic rings. The minimum absolute atomic E-state index is 0.00832. The number of nitro benzene ring substituents is 1. The van der Waals surface area contributed by atoms with Crippen LogP contribution >= 0.6 is 0 Å². The molecule has 14 heteroatoms. The number of carbonyl (C=O) groups excluding carboxylic acids is 1. The first-order valence-electron chi connectivity index (χ1n) is 11.2. The number of fused-ring (bicyclic) bond motifs is 1. The Labute approximate surface area is 213 Å². The fourth-order valence-electron chi connectivity index (χ4n) is 3.86. The number of carbonyl (C=O) groups is 2. The van der Waals surface area contributed by atoms with Crippen LogP contribution in [0.4, 0.5) is 18.9 Å². The average Bonchev–Trinajstić information content (AvgIpc) is 3.50. The van der Waals surface area contributed by atoms with E-state index in [0.29, 0.717) is 30.9 Å². The lowest BCUT2D eigenvalue weighted by Crippen LogP contribution is -2.46. The summed E-state index contributed by atoms with van der Waals surface area (Å²) < 4.78 is 37.6. The van der Waals surface area contributed by atoms with Gasteiger partial charge in [-0.1, -0.05) is 0 Å². The number of rotatable bonds is 6. The number of nitrogens with one attached hydrogen (secondary N) is 1. The van der Waals surface area contributed by atoms with Gasteiger partial charge in [0.2, 0.25) is 5.91 Å². The van der Waals surface area contributed by atoms with Crippen molar-refractivity contribution in [3.05, 3.63) is 64.3 Å². The maximum Gasteiger partial charge on any atom is 0.490 e. The van der Waals surface area contributed by atoms with Crippen LogP contribution in [0.5, 0.6) is 11.5 Å². The van der Waals surface area contributed by atoms with Gasteiger partial charge in [-0.15, -0.1) is 0 Å². The number of nitriles is 1. The number of nitrogens with two attached hydrogens (primary N) is 1. The molecule has 11 nitrogen and oxygen atoms in total. The minimum Gasteiger partial charge on any atom is -0.475 e. The number of likely N-dealkylation sites (tertiary alicyclic amines) is 1. The number of ether oxygens (including phenoxy) is 1. The van der Waals surface area contributed by atoms with Gasteiger partial charge in [-0.25, -0.2) is 4.79 Å². The first kappa shape index (κ1) is 27.9. The van der Waals surface area contributed by atoms with Gasteiger partial charge in [0.05, 0.1) is 17.0 Å². The number of hydrogen-bond acceptors (Lipinski definition) is 7. The van der Waals surface area contributed by atoms with Crippen LogP contribution < -0.4 is 10.5 Å². The highest BCUT2D eigenvalue weighted by atomic mass is 19.4. The second kappa shape index (κ2) is 11.6. The van der Waals surface area contributed by atoms with Crippen molar-refractivity contribution in [2.45, 2.75) is 37.5 Å². The number of aromatic nitrogens is 1. The molecule has 1 aromatic heterocycles. The van der Waals surface area contributed by atoms with E-state index in [9.17, 15) is 33.3 Å². The summed E-state index contributed by atoms with van der Waals surface area (Å²) >= 11 is 0. The van der Waals surface area contributed by atoms with Crippen LogP contribution in [0.25, 0.3) is 10.9 Å². The highest BCUT2D eigenvalue weighted by molar-refractivity contribution is 5.87. The van der Waals surface area contributed by atoms with Crippen LogP contribution in [0, 0.1) is 21.4 Å². The Morgan fingerprint density at radius 3 is 2.47 bits per heavy atom. The summed E-state index contributed by atoms with van der Waals surface area (Å²) in [5.41, 5.74) is 7.94. The van der Waals surface area contributed by atoms with Crippen molar-refractivity contribution >= 4 is 28.5 Å². The number of halogens is 3. The Bertz CT molecular complexity index is 1370. The summed E-state index contributed by atoms with van der Waals surface area (Å²) in [7, 11) is 0. The number of alkyl halides is 3. The molecule has 1 fully saturated rings. The van der Waals surface area contributed by atoms with E-state index >= 15 is 0 Å². The Morgan fingerprint density at radius 1 is 1.26 bits per heavy atom. The molecule has 0 aliphatic carbocycles. The lowest BCUT2D eigenvalue weighted by molar-refractivity contribution is -0.384. The van der Waals surface area contributed by atoms with Gasteiger partial charge in [0.1, 0.15) is 17.5 Å². The maximum atomic E-state index is 12.7. The van der Waals surface area contributed by atoms with Crippen molar-refractivity contribution in [3.8, 4) is 17.6 Å². The van der Waals surface area contributed by atoms with E-state index < -0.39 is 29.2 Å². The van der Waals surface area contributed by atoms with Gasteiger partial charge in [0.15, 0.2) is 0 Å². The summed E-state index contributed by atoms with van der Waals surface area (Å²) in [4.78, 5) is 36.7. The third-order valence-corrected chi connectivity index (χ3v) is 5.71. The van der Waals surface area contributed by atoms with Crippen molar-refractivity contribution in [1.29, 1.82) is 5.26 Å². The molecule has 0 unspecified atom stereocenters. The van der Waals surface area contributed by atoms with E-state index in [2.05, 4.69) is 11.1 Å². The third-order valence-electron chi connectivity index (χ3n) is 5.71. The molecule has 2 atom stereocenters. The number of H-pyrrole nitrogens is 1. The SMILES string of the molecule is N#C[C@@H]1CCCN1C(=O)[C@@H](N)Cc1c[nH]c2ccc(Oc3ccc([N+](=O)[O-])cc3)cc12.O=C(O)C(F)(F)F. The molecular weight excluding hydrogens is 511 g/mol. The van der Waals surface area contributed by atoms with E-state index in [1.807, 2.05) is 18.3 Å². The van der Waals surface area contributed by atoms with Crippen LogP contribution in [0.1, 0.15) is 18.4 Å². The van der Waals surface area contributed by atoms with Crippen molar-refractivity contribution in [3.63, 3.8) is 0 Å². The fraction of sp³-hybridized carbons (Fsp3) is 0.292. The zero-order chi connectivity index (χ0) is 28.0. The van der Waals surface area contributed by atoms with E-state index in [4.69, 9.17) is 20.4 Å². The van der Waals surface area contributed by atoms with Gasteiger partial charge < -0.3 is 25.5 Å². The Balaban J connectivity index is 0.000000505. The number of nitrogens with zero attached hydrogens (tertiary/aromatic N) is 3. The van der Waals surface area contributed by atoms with Crippen LogP contribution in [0.3, 0.4) is 0 Å². The van der Waals surface area contributed by atoms with Gasteiger partial charge in [0.25, 0.3) is 5.69 Å². The number of amides is 1. The van der Waals surface area contributed by atoms with Crippen LogP contribution in [-0.4, -0.2) is 56.6 Å². The maximum absolute atomic E-state index is 12.7. The standard InChI is InChI=1S/C22H21N5O4.C2HF3O2/c23-12-16-2-1-9-26(16)22(28)20(24)10-14-13-25-21-8-7-18(11-19(14)21)31-17-5-3-15(4-6-17)27(29)30;3-2(4,5)1(6)7/h3-8,11,13,16,20,25H,1-2,9-10,24H2;(H,6,7)/t16-,20-;/m0./s1. The normalized spacial score (nSPS) is 15.8. The number of aliphatic carboxylic acids is 1. The minimum atomic E-state index is -5.08. The average molecular weight is 533 g/mol. The smallest absolute Gasteiger partial charge is 0.475 e. The third kappa shape index (κ3) is 6.77. The first-order valence-corrected chi connectivity index (χ1v) is 11.2. The Hall–Kier alpha value is -4.64. The predicted molar refractivity (Wildman–Crippen MR) is 127 cm³/mol. The molecule has 1 amide bonds. The lowest BCUT2D eigenvalue weighted by Gasteiger charge is -2.23. The molecule has 0 bridgehead atoms. The molecule has 4 N–H and O–H groups in total. The highest BCUT2D eigenvalue weighted by Crippen LogP contribution is 2.29. The molecule has 2 heterocycles. The van der Waals surface area contributed by atoms with E-state index in [-0.39, 0.29) is 11.6 Å². The summed E-state index contributed by atoms with van der Waals surface area (Å²) in [6.07, 6.45) is -1.44. The Kier molecular flexibility index (Phi) is 8.53. The van der Waals surface area contributed by atoms with Gasteiger partial charge in [-0.2, -0.15) is 18.4 Å². The van der Waals surface area contributed by atoms with E-state index in [1.54, 1.807) is 11.0 Å². The monoisotopic (exact) mass is 533 g/mol. The topological polar surface area (TPSA) is 176 Å². The molecule has 200 valence electrons. The van der Waals surface area contributed by atoms with E-state index in [0.717, 1.165) is 22.9 Å². The molecule has 2 aromatic carbocycles. The van der Waals surface area contributed by atoms with Gasteiger partial charge >= 0.3 is 12.1 Å². The predicted octanol–water partition coefficient (Wildman–Crippen LogP) is 3.89. The number of carboxylic acid groups (broad SMARTS) is 1. The number of hydrogen-bond donors (Lipinski definition) is 3. The highest BCUT2D eigenvalue weighted by Gasteiger charge is 2.38. The van der Waals surface area contributed by atoms with Crippen molar-refractivity contribution < 1.29 is 37.5 Å². The number of aromatic amines is 1. The summed E-state index contributed by atoms with van der Waals surface area (Å²) in [5, 5.41) is 28.0. The van der Waals surface area contributed by atoms with Crippen LogP contribution in [0.15, 0.2) is 48.7 Å². The van der Waals surface area contributed by atoms with Crippen LogP contribution in [-0.2, 0) is 16.0 Å². The molecule has 0 radical (unpaired) electrons. The number of non-ortho nitro benzene ring substituents is 1. The largest absolute Gasteiger partial charge is 0.490 e. The quantitative estimate of drug-likeness (QED) is 0.316. The molecule has 4 rings (SSSR count). The number of carboxylic acids is 1. The number of nitro groups is 1. The molecule has 3 aromatic rings. The van der Waals surface area contributed by atoms with Gasteiger partial charge in [0, 0.05) is 35.8 Å². The molecule has 0 saturated carbocycles. The van der Waals surface area contributed by atoms with Crippen molar-refractivity contribution in [2.75, 3.05) is 6.54 Å². The molecule has 1 saturated heterocycles. The van der Waals surface area contributed by atoms with Crippen molar-refractivity contribution in [1.82, 2.24) is 9.88 Å². The van der Waals surface area contributed by atoms with Gasteiger partial charge in [-0.3, -0.25) is 14.9 Å². The molecule has 38 heavy (non-hydrogen) atoms.